The van der Waals surface area contributed by atoms with Gasteiger partial charge in [0.1, 0.15) is 11.9 Å². The van der Waals surface area contributed by atoms with Crippen LogP contribution < -0.4 is 5.32 Å². The minimum atomic E-state index is -0.557. The molecule has 0 aliphatic rings. The minimum absolute atomic E-state index is 0.109. The first-order chi connectivity index (χ1) is 14.4. The Morgan fingerprint density at radius 1 is 1.07 bits per heavy atom. The van der Waals surface area contributed by atoms with Gasteiger partial charge in [-0.3, -0.25) is 9.59 Å². The largest absolute Gasteiger partial charge is 0.354 e. The summed E-state index contributed by atoms with van der Waals surface area (Å²) in [7, 11) is 0. The molecular weight excluding hydrogens is 399 g/mol. The van der Waals surface area contributed by atoms with E-state index in [-0.39, 0.29) is 29.9 Å². The molecule has 0 fully saturated rings. The monoisotopic (exact) mass is 430 g/mol. The number of halogens is 1. The average Bonchev–Trinajstić information content (AvgIpc) is 2.74. The number of carbonyl (C=O) groups is 2. The Balaban J connectivity index is 2.15. The number of thioether (sulfide) groups is 1. The van der Waals surface area contributed by atoms with Crippen LogP contribution in [0.2, 0.25) is 0 Å². The molecule has 162 valence electrons. The number of hydrogen-bond donors (Lipinski definition) is 1. The van der Waals surface area contributed by atoms with Crippen molar-refractivity contribution >= 4 is 23.6 Å². The van der Waals surface area contributed by atoms with E-state index in [0.29, 0.717) is 13.0 Å². The van der Waals surface area contributed by atoms with Gasteiger partial charge in [-0.15, -0.1) is 11.8 Å². The molecule has 0 bridgehead atoms. The van der Waals surface area contributed by atoms with Gasteiger partial charge in [0, 0.05) is 18.0 Å². The van der Waals surface area contributed by atoms with E-state index in [2.05, 4.69) is 12.2 Å². The number of benzene rings is 2. The molecule has 6 heteroatoms. The summed E-state index contributed by atoms with van der Waals surface area (Å²) in [5.74, 6) is -0.330. The van der Waals surface area contributed by atoms with Crippen LogP contribution >= 0.6 is 11.8 Å². The maximum atomic E-state index is 13.3. The van der Waals surface area contributed by atoms with Crippen LogP contribution in [-0.2, 0) is 16.1 Å². The molecule has 0 radical (unpaired) electrons. The Labute approximate surface area is 183 Å². The number of carbonyl (C=O) groups excluding carboxylic acids is 2. The van der Waals surface area contributed by atoms with Gasteiger partial charge >= 0.3 is 0 Å². The third-order valence-electron chi connectivity index (χ3n) is 4.86. The number of hydrogen-bond acceptors (Lipinski definition) is 3. The lowest BCUT2D eigenvalue weighted by atomic mass is 10.1. The predicted octanol–water partition coefficient (Wildman–Crippen LogP) is 4.95. The molecule has 0 heterocycles. The third kappa shape index (κ3) is 7.48. The zero-order chi connectivity index (χ0) is 21.9. The van der Waals surface area contributed by atoms with Gasteiger partial charge in [0.15, 0.2) is 0 Å². The molecule has 2 amide bonds. The van der Waals surface area contributed by atoms with Crippen molar-refractivity contribution in [1.82, 2.24) is 10.2 Å². The summed E-state index contributed by atoms with van der Waals surface area (Å²) in [6.07, 6.45) is 2.40. The Morgan fingerprint density at radius 2 is 1.73 bits per heavy atom. The SMILES string of the molecule is CCCCNC(=O)C(CC)N(Cc1ccc(F)cc1)C(=O)CSc1ccc(C)cc1. The Morgan fingerprint density at radius 3 is 2.33 bits per heavy atom. The molecular formula is C24H31FN2O2S. The van der Waals surface area contributed by atoms with Gasteiger partial charge < -0.3 is 10.2 Å². The van der Waals surface area contributed by atoms with Crippen molar-refractivity contribution in [1.29, 1.82) is 0 Å². The molecule has 1 unspecified atom stereocenters. The van der Waals surface area contributed by atoms with Gasteiger partial charge in [0.25, 0.3) is 0 Å². The third-order valence-corrected chi connectivity index (χ3v) is 5.86. The summed E-state index contributed by atoms with van der Waals surface area (Å²) in [6.45, 7) is 6.86. The zero-order valence-electron chi connectivity index (χ0n) is 18.0. The van der Waals surface area contributed by atoms with Crippen molar-refractivity contribution in [3.8, 4) is 0 Å². The standard InChI is InChI=1S/C24H31FN2O2S/c1-4-6-15-26-24(29)22(5-2)27(16-19-9-11-20(25)12-10-19)23(28)17-30-21-13-7-18(3)8-14-21/h7-14,22H,4-6,15-17H2,1-3H3,(H,26,29). The summed E-state index contributed by atoms with van der Waals surface area (Å²) in [5, 5.41) is 2.95. The van der Waals surface area contributed by atoms with Gasteiger partial charge in [0.2, 0.25) is 11.8 Å². The van der Waals surface area contributed by atoms with E-state index >= 15 is 0 Å². The van der Waals surface area contributed by atoms with Crippen molar-refractivity contribution in [3.63, 3.8) is 0 Å². The number of amides is 2. The van der Waals surface area contributed by atoms with Gasteiger partial charge in [-0.2, -0.15) is 0 Å². The number of nitrogens with zero attached hydrogens (tertiary/aromatic N) is 1. The van der Waals surface area contributed by atoms with Crippen LogP contribution in [0.15, 0.2) is 53.4 Å². The van der Waals surface area contributed by atoms with Crippen molar-refractivity contribution in [2.75, 3.05) is 12.3 Å². The van der Waals surface area contributed by atoms with E-state index in [1.165, 1.54) is 29.5 Å². The Bertz CT molecular complexity index is 809. The maximum absolute atomic E-state index is 13.3. The van der Waals surface area contributed by atoms with Crippen LogP contribution in [0.3, 0.4) is 0 Å². The molecule has 0 aliphatic carbocycles. The summed E-state index contributed by atoms with van der Waals surface area (Å²) >= 11 is 1.46. The molecule has 2 aromatic carbocycles. The summed E-state index contributed by atoms with van der Waals surface area (Å²) in [5.41, 5.74) is 1.96. The lowest BCUT2D eigenvalue weighted by molar-refractivity contribution is -0.139. The first kappa shape index (κ1) is 23.9. The van der Waals surface area contributed by atoms with E-state index < -0.39 is 6.04 Å². The first-order valence-electron chi connectivity index (χ1n) is 10.5. The van der Waals surface area contributed by atoms with Gasteiger partial charge in [-0.25, -0.2) is 4.39 Å². The normalized spacial score (nSPS) is 11.7. The van der Waals surface area contributed by atoms with Gasteiger partial charge in [0.05, 0.1) is 5.75 Å². The fraction of sp³-hybridized carbons (Fsp3) is 0.417. The second-order valence-electron chi connectivity index (χ2n) is 7.32. The smallest absolute Gasteiger partial charge is 0.242 e. The van der Waals surface area contributed by atoms with Crippen LogP contribution in [0.4, 0.5) is 4.39 Å². The van der Waals surface area contributed by atoms with Crippen LogP contribution in [0, 0.1) is 12.7 Å². The highest BCUT2D eigenvalue weighted by Crippen LogP contribution is 2.21. The number of unbranched alkanes of at least 4 members (excludes halogenated alkanes) is 1. The number of rotatable bonds is 11. The van der Waals surface area contributed by atoms with E-state index in [9.17, 15) is 14.0 Å². The maximum Gasteiger partial charge on any atom is 0.242 e. The number of nitrogens with one attached hydrogen (secondary N) is 1. The highest BCUT2D eigenvalue weighted by Gasteiger charge is 2.28. The predicted molar refractivity (Wildman–Crippen MR) is 121 cm³/mol. The average molecular weight is 431 g/mol. The van der Waals surface area contributed by atoms with Gasteiger partial charge in [-0.05, 0) is 49.6 Å². The molecule has 2 rings (SSSR count). The van der Waals surface area contributed by atoms with E-state index in [4.69, 9.17) is 0 Å². The molecule has 1 atom stereocenters. The Hall–Kier alpha value is -2.34. The molecule has 4 nitrogen and oxygen atoms in total. The fourth-order valence-electron chi connectivity index (χ4n) is 3.07. The summed E-state index contributed by atoms with van der Waals surface area (Å²) in [6, 6.07) is 13.5. The molecule has 30 heavy (non-hydrogen) atoms. The fourth-order valence-corrected chi connectivity index (χ4v) is 3.86. The topological polar surface area (TPSA) is 49.4 Å². The lowest BCUT2D eigenvalue weighted by Crippen LogP contribution is -2.49. The van der Waals surface area contributed by atoms with E-state index in [1.54, 1.807) is 17.0 Å². The Kier molecular flexibility index (Phi) is 9.87. The van der Waals surface area contributed by atoms with Crippen molar-refractivity contribution in [2.45, 2.75) is 57.5 Å². The van der Waals surface area contributed by atoms with Crippen molar-refractivity contribution in [2.24, 2.45) is 0 Å². The number of aryl methyl sites for hydroxylation is 1. The zero-order valence-corrected chi connectivity index (χ0v) is 18.8. The highest BCUT2D eigenvalue weighted by atomic mass is 32.2. The quantitative estimate of drug-likeness (QED) is 0.405. The van der Waals surface area contributed by atoms with Crippen LogP contribution in [0.5, 0.6) is 0 Å². The molecule has 0 saturated carbocycles. The van der Waals surface area contributed by atoms with Crippen LogP contribution in [0.1, 0.15) is 44.2 Å². The molecule has 1 N–H and O–H groups in total. The van der Waals surface area contributed by atoms with Gasteiger partial charge in [-0.1, -0.05) is 50.1 Å². The summed E-state index contributed by atoms with van der Waals surface area (Å²) < 4.78 is 13.3. The molecule has 0 spiro atoms. The van der Waals surface area contributed by atoms with E-state index in [0.717, 1.165) is 23.3 Å². The first-order valence-corrected chi connectivity index (χ1v) is 11.4. The molecule has 2 aromatic rings. The van der Waals surface area contributed by atoms with Crippen molar-refractivity contribution in [3.05, 3.63) is 65.5 Å². The summed E-state index contributed by atoms with van der Waals surface area (Å²) in [4.78, 5) is 28.6. The molecule has 0 aliphatic heterocycles. The molecule has 0 aromatic heterocycles. The van der Waals surface area contributed by atoms with Crippen LogP contribution in [-0.4, -0.2) is 35.1 Å². The highest BCUT2D eigenvalue weighted by molar-refractivity contribution is 8.00. The molecule has 0 saturated heterocycles. The second kappa shape index (κ2) is 12.4. The van der Waals surface area contributed by atoms with Crippen LogP contribution in [0.25, 0.3) is 0 Å². The van der Waals surface area contributed by atoms with E-state index in [1.807, 2.05) is 38.1 Å². The van der Waals surface area contributed by atoms with Crippen molar-refractivity contribution < 1.29 is 14.0 Å². The second-order valence-corrected chi connectivity index (χ2v) is 8.37. The minimum Gasteiger partial charge on any atom is -0.354 e. The lowest BCUT2D eigenvalue weighted by Gasteiger charge is -2.30.